The third kappa shape index (κ3) is 3.21. The van der Waals surface area contributed by atoms with Crippen molar-refractivity contribution in [2.45, 2.75) is 58.4 Å². The number of hydrogen-bond acceptors (Lipinski definition) is 2. The summed E-state index contributed by atoms with van der Waals surface area (Å²) in [5, 5.41) is 0. The summed E-state index contributed by atoms with van der Waals surface area (Å²) in [6, 6.07) is 0.409. The van der Waals surface area contributed by atoms with Crippen LogP contribution in [0, 0.1) is 5.92 Å². The van der Waals surface area contributed by atoms with E-state index in [2.05, 4.69) is 18.7 Å². The van der Waals surface area contributed by atoms with E-state index in [0.29, 0.717) is 18.5 Å². The third-order valence-corrected chi connectivity index (χ3v) is 3.74. The molecule has 1 unspecified atom stereocenters. The quantitative estimate of drug-likeness (QED) is 0.781. The van der Waals surface area contributed by atoms with Gasteiger partial charge < -0.3 is 10.6 Å². The van der Waals surface area contributed by atoms with E-state index in [1.165, 1.54) is 6.42 Å². The number of nitrogens with two attached hydrogens (primary N) is 1. The predicted octanol–water partition coefficient (Wildman–Crippen LogP) is 2.15. The van der Waals surface area contributed by atoms with Crippen LogP contribution in [-0.4, -0.2) is 29.9 Å². The van der Waals surface area contributed by atoms with E-state index in [9.17, 15) is 4.79 Å². The average Bonchev–Trinajstić information content (AvgIpc) is 2.31. The first-order chi connectivity index (χ1) is 7.74. The molecular weight excluding hydrogens is 200 g/mol. The van der Waals surface area contributed by atoms with Crippen molar-refractivity contribution in [2.24, 2.45) is 11.7 Å². The Hall–Kier alpha value is -0.570. The number of nitrogens with zero attached hydrogens (tertiary/aromatic N) is 1. The highest BCUT2D eigenvalue weighted by Crippen LogP contribution is 2.23. The van der Waals surface area contributed by atoms with E-state index in [1.807, 2.05) is 0 Å². The van der Waals surface area contributed by atoms with Gasteiger partial charge in [-0.25, -0.2) is 0 Å². The smallest absolute Gasteiger partial charge is 0.225 e. The Bertz CT molecular complexity index is 212. The van der Waals surface area contributed by atoms with Gasteiger partial charge in [-0.3, -0.25) is 4.79 Å². The topological polar surface area (TPSA) is 46.3 Å². The number of hydrogen-bond donors (Lipinski definition) is 1. The molecule has 16 heavy (non-hydrogen) atoms. The highest BCUT2D eigenvalue weighted by atomic mass is 16.2. The molecule has 94 valence electrons. The van der Waals surface area contributed by atoms with Crippen LogP contribution < -0.4 is 5.73 Å². The van der Waals surface area contributed by atoms with Crippen molar-refractivity contribution in [3.05, 3.63) is 0 Å². The minimum absolute atomic E-state index is 0.221. The first kappa shape index (κ1) is 13.5. The molecular formula is C13H26N2O. The lowest BCUT2D eigenvalue weighted by Gasteiger charge is -2.37. The standard InChI is InChI=1S/C13H26N2O/c1-3-11(4-2)13(16)15-10-6-5-7-12(15)8-9-14/h11-12H,3-10,14H2,1-2H3. The summed E-state index contributed by atoms with van der Waals surface area (Å²) in [6.45, 7) is 5.85. The third-order valence-electron chi connectivity index (χ3n) is 3.74. The van der Waals surface area contributed by atoms with Gasteiger partial charge in [-0.2, -0.15) is 0 Å². The summed E-state index contributed by atoms with van der Waals surface area (Å²) in [4.78, 5) is 14.4. The van der Waals surface area contributed by atoms with Crippen LogP contribution >= 0.6 is 0 Å². The summed E-state index contributed by atoms with van der Waals surface area (Å²) in [6.07, 6.45) is 6.43. The van der Waals surface area contributed by atoms with Gasteiger partial charge in [0.1, 0.15) is 0 Å². The fourth-order valence-corrected chi connectivity index (χ4v) is 2.66. The molecule has 3 nitrogen and oxygen atoms in total. The van der Waals surface area contributed by atoms with Gasteiger partial charge in [-0.15, -0.1) is 0 Å². The molecule has 0 aromatic carbocycles. The van der Waals surface area contributed by atoms with Gasteiger partial charge in [0, 0.05) is 18.5 Å². The Labute approximate surface area is 99.4 Å². The zero-order valence-electron chi connectivity index (χ0n) is 10.7. The van der Waals surface area contributed by atoms with Crippen molar-refractivity contribution in [3.63, 3.8) is 0 Å². The van der Waals surface area contributed by atoms with Gasteiger partial charge in [0.05, 0.1) is 0 Å². The predicted molar refractivity (Wildman–Crippen MR) is 67.1 cm³/mol. The molecule has 1 aliphatic rings. The normalized spacial score (nSPS) is 21.5. The van der Waals surface area contributed by atoms with Crippen LogP contribution in [0.15, 0.2) is 0 Å². The molecule has 0 aromatic rings. The molecule has 2 N–H and O–H groups in total. The lowest BCUT2D eigenvalue weighted by atomic mass is 9.95. The second kappa shape index (κ2) is 6.89. The second-order valence-corrected chi connectivity index (χ2v) is 4.77. The first-order valence-electron chi connectivity index (χ1n) is 6.75. The van der Waals surface area contributed by atoms with Crippen molar-refractivity contribution in [1.82, 2.24) is 4.90 Å². The highest BCUT2D eigenvalue weighted by Gasteiger charge is 2.29. The van der Waals surface area contributed by atoms with Crippen molar-refractivity contribution in [3.8, 4) is 0 Å². The van der Waals surface area contributed by atoms with E-state index in [1.54, 1.807) is 0 Å². The van der Waals surface area contributed by atoms with Gasteiger partial charge in [-0.05, 0) is 45.1 Å². The highest BCUT2D eigenvalue weighted by molar-refractivity contribution is 5.79. The molecule has 1 amide bonds. The van der Waals surface area contributed by atoms with Crippen LogP contribution in [0.25, 0.3) is 0 Å². The second-order valence-electron chi connectivity index (χ2n) is 4.77. The molecule has 1 heterocycles. The van der Waals surface area contributed by atoms with Gasteiger partial charge in [0.2, 0.25) is 5.91 Å². The molecule has 0 saturated carbocycles. The van der Waals surface area contributed by atoms with Crippen LogP contribution in [0.2, 0.25) is 0 Å². The maximum Gasteiger partial charge on any atom is 0.225 e. The van der Waals surface area contributed by atoms with Crippen molar-refractivity contribution >= 4 is 5.91 Å². The number of piperidine rings is 1. The maximum atomic E-state index is 12.3. The molecule has 0 radical (unpaired) electrons. The zero-order chi connectivity index (χ0) is 12.0. The summed E-state index contributed by atoms with van der Waals surface area (Å²) < 4.78 is 0. The molecule has 1 aliphatic heterocycles. The number of amides is 1. The summed E-state index contributed by atoms with van der Waals surface area (Å²) in [5.74, 6) is 0.585. The Balaban J connectivity index is 2.62. The average molecular weight is 226 g/mol. The van der Waals surface area contributed by atoms with E-state index < -0.39 is 0 Å². The molecule has 1 atom stereocenters. The van der Waals surface area contributed by atoms with Crippen LogP contribution in [-0.2, 0) is 4.79 Å². The van der Waals surface area contributed by atoms with Gasteiger partial charge in [-0.1, -0.05) is 13.8 Å². The number of carbonyl (C=O) groups is 1. The van der Waals surface area contributed by atoms with Crippen LogP contribution in [0.3, 0.4) is 0 Å². The fraction of sp³-hybridized carbons (Fsp3) is 0.923. The molecule has 1 saturated heterocycles. The summed E-state index contributed by atoms with van der Waals surface area (Å²) in [5.41, 5.74) is 5.62. The molecule has 0 bridgehead atoms. The summed E-state index contributed by atoms with van der Waals surface area (Å²) >= 11 is 0. The van der Waals surface area contributed by atoms with Gasteiger partial charge >= 0.3 is 0 Å². The van der Waals surface area contributed by atoms with Gasteiger partial charge in [0.15, 0.2) is 0 Å². The van der Waals surface area contributed by atoms with Crippen molar-refractivity contribution in [1.29, 1.82) is 0 Å². The molecule has 1 fully saturated rings. The Morgan fingerprint density at radius 3 is 2.62 bits per heavy atom. The minimum Gasteiger partial charge on any atom is -0.339 e. The fourth-order valence-electron chi connectivity index (χ4n) is 2.66. The molecule has 0 aromatic heterocycles. The van der Waals surface area contributed by atoms with E-state index >= 15 is 0 Å². The van der Waals surface area contributed by atoms with Crippen LogP contribution in [0.4, 0.5) is 0 Å². The minimum atomic E-state index is 0.221. The van der Waals surface area contributed by atoms with Crippen molar-refractivity contribution < 1.29 is 4.79 Å². The van der Waals surface area contributed by atoms with E-state index in [4.69, 9.17) is 5.73 Å². The SMILES string of the molecule is CCC(CC)C(=O)N1CCCCC1CCN. The Kier molecular flexibility index (Phi) is 5.81. The zero-order valence-corrected chi connectivity index (χ0v) is 10.7. The molecule has 1 rings (SSSR count). The van der Waals surface area contributed by atoms with E-state index in [0.717, 1.165) is 38.6 Å². The Morgan fingerprint density at radius 1 is 1.38 bits per heavy atom. The largest absolute Gasteiger partial charge is 0.339 e. The van der Waals surface area contributed by atoms with Crippen molar-refractivity contribution in [2.75, 3.05) is 13.1 Å². The lowest BCUT2D eigenvalue weighted by Crippen LogP contribution is -2.47. The molecule has 3 heteroatoms. The Morgan fingerprint density at radius 2 is 2.06 bits per heavy atom. The van der Waals surface area contributed by atoms with E-state index in [-0.39, 0.29) is 5.92 Å². The lowest BCUT2D eigenvalue weighted by molar-refractivity contribution is -0.139. The van der Waals surface area contributed by atoms with Gasteiger partial charge in [0.25, 0.3) is 0 Å². The maximum absolute atomic E-state index is 12.3. The van der Waals surface area contributed by atoms with Crippen LogP contribution in [0.5, 0.6) is 0 Å². The molecule has 0 spiro atoms. The summed E-state index contributed by atoms with van der Waals surface area (Å²) in [7, 11) is 0. The number of carbonyl (C=O) groups excluding carboxylic acids is 1. The first-order valence-corrected chi connectivity index (χ1v) is 6.75. The molecule has 0 aliphatic carbocycles. The number of likely N-dealkylation sites (tertiary alicyclic amines) is 1. The monoisotopic (exact) mass is 226 g/mol. The number of rotatable bonds is 5. The van der Waals surface area contributed by atoms with Crippen LogP contribution in [0.1, 0.15) is 52.4 Å².